The van der Waals surface area contributed by atoms with Gasteiger partial charge in [-0.2, -0.15) is 0 Å². The van der Waals surface area contributed by atoms with Crippen LogP contribution in [0.4, 0.5) is 0 Å². The fourth-order valence-electron chi connectivity index (χ4n) is 2.13. The summed E-state index contributed by atoms with van der Waals surface area (Å²) in [5, 5.41) is 12.6. The smallest absolute Gasteiger partial charge is 0.250 e. The second-order valence-electron chi connectivity index (χ2n) is 5.17. The lowest BCUT2D eigenvalue weighted by Crippen LogP contribution is -2.37. The third-order valence-electron chi connectivity index (χ3n) is 3.37. The molecule has 0 radical (unpaired) electrons. The highest BCUT2D eigenvalue weighted by molar-refractivity contribution is 5.78. The number of hydrogen-bond acceptors (Lipinski definition) is 4. The number of benzene rings is 1. The summed E-state index contributed by atoms with van der Waals surface area (Å²) in [5.41, 5.74) is 0.674. The van der Waals surface area contributed by atoms with E-state index in [1.807, 2.05) is 12.1 Å². The van der Waals surface area contributed by atoms with Crippen molar-refractivity contribution in [2.45, 2.75) is 19.1 Å². The van der Waals surface area contributed by atoms with E-state index >= 15 is 0 Å². The monoisotopic (exact) mass is 316 g/mol. The van der Waals surface area contributed by atoms with Crippen LogP contribution in [0.5, 0.6) is 5.75 Å². The number of pyridine rings is 1. The minimum absolute atomic E-state index is 0.0936. The Bertz CT molecular complexity index is 694. The first-order valence-corrected chi connectivity index (χ1v) is 7.31. The van der Waals surface area contributed by atoms with Gasteiger partial charge in [0, 0.05) is 18.8 Å². The van der Waals surface area contributed by atoms with Crippen molar-refractivity contribution in [1.82, 2.24) is 9.88 Å². The number of aromatic nitrogens is 1. The highest BCUT2D eigenvalue weighted by Crippen LogP contribution is 2.11. The van der Waals surface area contributed by atoms with Crippen molar-refractivity contribution < 1.29 is 14.6 Å². The van der Waals surface area contributed by atoms with Crippen LogP contribution in [-0.4, -0.2) is 35.3 Å². The molecule has 1 atom stereocenters. The van der Waals surface area contributed by atoms with Gasteiger partial charge in [-0.15, -0.1) is 0 Å². The number of nitrogens with one attached hydrogen (secondary N) is 1. The standard InChI is InChI=1S/C17H20N2O4/c1-23-15-7-5-13(6-8-15)10-16(21)18-11-14(20)12-19-9-3-2-4-17(19)22/h2-9,14,20H,10-12H2,1H3,(H,18,21). The van der Waals surface area contributed by atoms with Crippen molar-refractivity contribution in [3.8, 4) is 5.75 Å². The van der Waals surface area contributed by atoms with Gasteiger partial charge in [0.05, 0.1) is 26.2 Å². The molecule has 6 nitrogen and oxygen atoms in total. The molecule has 2 aromatic rings. The van der Waals surface area contributed by atoms with Gasteiger partial charge < -0.3 is 19.7 Å². The topological polar surface area (TPSA) is 80.6 Å². The lowest BCUT2D eigenvalue weighted by molar-refractivity contribution is -0.120. The van der Waals surface area contributed by atoms with E-state index in [0.29, 0.717) is 0 Å². The molecule has 1 heterocycles. The molecule has 0 aliphatic carbocycles. The molecule has 2 N–H and O–H groups in total. The molecule has 0 bridgehead atoms. The fraction of sp³-hybridized carbons (Fsp3) is 0.294. The molecule has 1 unspecified atom stereocenters. The number of carbonyl (C=O) groups excluding carboxylic acids is 1. The van der Waals surface area contributed by atoms with Crippen LogP contribution < -0.4 is 15.6 Å². The number of hydrogen-bond donors (Lipinski definition) is 2. The zero-order valence-corrected chi connectivity index (χ0v) is 12.9. The number of aliphatic hydroxyl groups is 1. The lowest BCUT2D eigenvalue weighted by Gasteiger charge is -2.13. The highest BCUT2D eigenvalue weighted by Gasteiger charge is 2.09. The molecule has 0 aliphatic heterocycles. The quantitative estimate of drug-likeness (QED) is 0.783. The van der Waals surface area contributed by atoms with E-state index < -0.39 is 6.10 Å². The Kier molecular flexibility index (Phi) is 5.94. The molecule has 1 aromatic heterocycles. The molecule has 0 saturated carbocycles. The SMILES string of the molecule is COc1ccc(CC(=O)NCC(O)Cn2ccccc2=O)cc1. The number of methoxy groups -OCH3 is 1. The van der Waals surface area contributed by atoms with Gasteiger partial charge in [-0.3, -0.25) is 9.59 Å². The molecule has 1 amide bonds. The van der Waals surface area contributed by atoms with Gasteiger partial charge in [0.25, 0.3) is 5.56 Å². The Balaban J connectivity index is 1.79. The summed E-state index contributed by atoms with van der Waals surface area (Å²) in [6, 6.07) is 12.0. The van der Waals surface area contributed by atoms with Crippen molar-refractivity contribution in [1.29, 1.82) is 0 Å². The maximum atomic E-state index is 11.9. The molecule has 23 heavy (non-hydrogen) atoms. The first-order valence-electron chi connectivity index (χ1n) is 7.31. The zero-order valence-electron chi connectivity index (χ0n) is 12.9. The summed E-state index contributed by atoms with van der Waals surface area (Å²) < 4.78 is 6.46. The molecule has 6 heteroatoms. The lowest BCUT2D eigenvalue weighted by atomic mass is 10.1. The Hall–Kier alpha value is -2.60. The van der Waals surface area contributed by atoms with Gasteiger partial charge >= 0.3 is 0 Å². The van der Waals surface area contributed by atoms with E-state index in [2.05, 4.69) is 5.32 Å². The summed E-state index contributed by atoms with van der Waals surface area (Å²) >= 11 is 0. The second-order valence-corrected chi connectivity index (χ2v) is 5.17. The summed E-state index contributed by atoms with van der Waals surface area (Å²) in [6.07, 6.45) is 1.00. The van der Waals surface area contributed by atoms with E-state index in [1.54, 1.807) is 37.6 Å². The van der Waals surface area contributed by atoms with E-state index in [0.717, 1.165) is 11.3 Å². The zero-order chi connectivity index (χ0) is 16.7. The minimum atomic E-state index is -0.824. The Morgan fingerprint density at radius 1 is 1.26 bits per heavy atom. The van der Waals surface area contributed by atoms with Gasteiger partial charge in [0.15, 0.2) is 0 Å². The van der Waals surface area contributed by atoms with Crippen LogP contribution in [0.1, 0.15) is 5.56 Å². The molecule has 0 fully saturated rings. The van der Waals surface area contributed by atoms with E-state index in [1.165, 1.54) is 10.6 Å². The van der Waals surface area contributed by atoms with E-state index in [9.17, 15) is 14.7 Å². The number of amides is 1. The maximum Gasteiger partial charge on any atom is 0.250 e. The second kappa shape index (κ2) is 8.14. The van der Waals surface area contributed by atoms with Crippen LogP contribution in [0.25, 0.3) is 0 Å². The number of aliphatic hydroxyl groups excluding tert-OH is 1. The number of ether oxygens (including phenoxy) is 1. The van der Waals surface area contributed by atoms with E-state index in [-0.39, 0.29) is 31.0 Å². The van der Waals surface area contributed by atoms with Crippen LogP contribution >= 0.6 is 0 Å². The summed E-state index contributed by atoms with van der Waals surface area (Å²) in [7, 11) is 1.58. The van der Waals surface area contributed by atoms with Crippen LogP contribution in [0.3, 0.4) is 0 Å². The molecule has 0 spiro atoms. The first-order chi connectivity index (χ1) is 11.1. The molecule has 2 rings (SSSR count). The van der Waals surface area contributed by atoms with Crippen LogP contribution in [0.2, 0.25) is 0 Å². The predicted octanol–water partition coefficient (Wildman–Crippen LogP) is 0.577. The van der Waals surface area contributed by atoms with Crippen molar-refractivity contribution in [3.63, 3.8) is 0 Å². The molecule has 122 valence electrons. The van der Waals surface area contributed by atoms with Crippen molar-refractivity contribution in [2.75, 3.05) is 13.7 Å². The molecule has 1 aromatic carbocycles. The highest BCUT2D eigenvalue weighted by atomic mass is 16.5. The van der Waals surface area contributed by atoms with Crippen molar-refractivity contribution in [3.05, 3.63) is 64.6 Å². The van der Waals surface area contributed by atoms with Crippen LogP contribution in [0.15, 0.2) is 53.5 Å². The van der Waals surface area contributed by atoms with Gasteiger partial charge in [0.2, 0.25) is 5.91 Å². The van der Waals surface area contributed by atoms with Gasteiger partial charge in [-0.25, -0.2) is 0 Å². The summed E-state index contributed by atoms with van der Waals surface area (Å²) in [5.74, 6) is 0.549. The van der Waals surface area contributed by atoms with Crippen molar-refractivity contribution >= 4 is 5.91 Å². The Morgan fingerprint density at radius 2 is 2.00 bits per heavy atom. The fourth-order valence-corrected chi connectivity index (χ4v) is 2.13. The third-order valence-corrected chi connectivity index (χ3v) is 3.37. The minimum Gasteiger partial charge on any atom is -0.497 e. The average molecular weight is 316 g/mol. The molecule has 0 aliphatic rings. The molecular weight excluding hydrogens is 296 g/mol. The molecular formula is C17H20N2O4. The summed E-state index contributed by atoms with van der Waals surface area (Å²) in [4.78, 5) is 23.4. The van der Waals surface area contributed by atoms with Crippen LogP contribution in [0, 0.1) is 0 Å². The normalized spacial score (nSPS) is 11.7. The van der Waals surface area contributed by atoms with Gasteiger partial charge in [-0.05, 0) is 23.8 Å². The Morgan fingerprint density at radius 3 is 2.65 bits per heavy atom. The Labute approximate surface area is 134 Å². The third kappa shape index (κ3) is 5.27. The average Bonchev–Trinajstić information content (AvgIpc) is 2.56. The van der Waals surface area contributed by atoms with Gasteiger partial charge in [0.1, 0.15) is 5.75 Å². The van der Waals surface area contributed by atoms with Crippen molar-refractivity contribution in [2.24, 2.45) is 0 Å². The molecule has 0 saturated heterocycles. The maximum absolute atomic E-state index is 11.9. The summed E-state index contributed by atoms with van der Waals surface area (Å²) in [6.45, 7) is 0.235. The number of nitrogens with zero attached hydrogens (tertiary/aromatic N) is 1. The van der Waals surface area contributed by atoms with Gasteiger partial charge in [-0.1, -0.05) is 18.2 Å². The number of rotatable bonds is 7. The van der Waals surface area contributed by atoms with E-state index in [4.69, 9.17) is 4.74 Å². The first kappa shape index (κ1) is 16.8. The number of carbonyl (C=O) groups is 1. The van der Waals surface area contributed by atoms with Crippen LogP contribution in [-0.2, 0) is 17.8 Å². The largest absolute Gasteiger partial charge is 0.497 e. The predicted molar refractivity (Wildman–Crippen MR) is 86.4 cm³/mol.